The first-order chi connectivity index (χ1) is 9.87. The number of halogens is 1. The van der Waals surface area contributed by atoms with Crippen LogP contribution >= 0.6 is 11.6 Å². The Labute approximate surface area is 133 Å². The lowest BCUT2D eigenvalue weighted by molar-refractivity contribution is 0.291. The maximum absolute atomic E-state index is 6.30. The Morgan fingerprint density at radius 1 is 1.33 bits per heavy atom. The van der Waals surface area contributed by atoms with Crippen LogP contribution in [0.1, 0.15) is 39.2 Å². The molecule has 1 aromatic rings. The summed E-state index contributed by atoms with van der Waals surface area (Å²) in [7, 11) is 1.61. The van der Waals surface area contributed by atoms with Crippen molar-refractivity contribution in [2.45, 2.75) is 45.7 Å². The van der Waals surface area contributed by atoms with E-state index in [1.165, 1.54) is 0 Å². The summed E-state index contributed by atoms with van der Waals surface area (Å²) >= 11 is 6.30. The standard InChI is InChI=1S/C17H24ClNO2/c1-6-7-8-9-21-16-14(18)10-13(11-15(16)20-5)12-19-17(2,3)4/h1,10-11,19H,7-9,12H2,2-5H3. The molecular formula is C17H24ClNO2. The SMILES string of the molecule is C#CCCCOc1c(Cl)cc(CNC(C)(C)C)cc1OC. The van der Waals surface area contributed by atoms with Crippen LogP contribution in [0, 0.1) is 12.3 Å². The maximum Gasteiger partial charge on any atom is 0.179 e. The Hall–Kier alpha value is -1.37. The van der Waals surface area contributed by atoms with Gasteiger partial charge in [0.1, 0.15) is 0 Å². The second-order valence-electron chi connectivity index (χ2n) is 5.87. The molecule has 0 fully saturated rings. The first-order valence-corrected chi connectivity index (χ1v) is 7.43. The predicted octanol–water partition coefficient (Wildman–Crippen LogP) is 4.03. The number of ether oxygens (including phenoxy) is 2. The zero-order valence-corrected chi connectivity index (χ0v) is 14.0. The number of rotatable bonds is 7. The van der Waals surface area contributed by atoms with E-state index in [4.69, 9.17) is 27.5 Å². The van der Waals surface area contributed by atoms with E-state index < -0.39 is 0 Å². The molecule has 0 heterocycles. The number of benzene rings is 1. The number of hydrogen-bond donors (Lipinski definition) is 1. The van der Waals surface area contributed by atoms with Gasteiger partial charge in [-0.15, -0.1) is 12.3 Å². The van der Waals surface area contributed by atoms with Crippen LogP contribution in [-0.4, -0.2) is 19.3 Å². The van der Waals surface area contributed by atoms with Crippen LogP contribution in [0.2, 0.25) is 5.02 Å². The van der Waals surface area contributed by atoms with Crippen molar-refractivity contribution in [3.8, 4) is 23.8 Å². The van der Waals surface area contributed by atoms with E-state index in [-0.39, 0.29) is 5.54 Å². The molecule has 116 valence electrons. The van der Waals surface area contributed by atoms with Gasteiger partial charge in [0.2, 0.25) is 0 Å². The largest absolute Gasteiger partial charge is 0.493 e. The van der Waals surface area contributed by atoms with Crippen LogP contribution in [0.4, 0.5) is 0 Å². The Bertz CT molecular complexity index is 501. The second-order valence-corrected chi connectivity index (χ2v) is 6.28. The number of terminal acetylenes is 1. The van der Waals surface area contributed by atoms with Gasteiger partial charge >= 0.3 is 0 Å². The maximum atomic E-state index is 6.30. The molecule has 0 spiro atoms. The highest BCUT2D eigenvalue weighted by Crippen LogP contribution is 2.36. The number of unbranched alkanes of at least 4 members (excludes halogenated alkanes) is 1. The molecule has 0 amide bonds. The molecule has 21 heavy (non-hydrogen) atoms. The van der Waals surface area contributed by atoms with Crippen molar-refractivity contribution < 1.29 is 9.47 Å². The molecule has 0 bridgehead atoms. The van der Waals surface area contributed by atoms with Crippen LogP contribution in [0.3, 0.4) is 0 Å². The molecule has 1 aromatic carbocycles. The highest BCUT2D eigenvalue weighted by Gasteiger charge is 2.14. The molecule has 0 aromatic heterocycles. The smallest absolute Gasteiger partial charge is 0.179 e. The summed E-state index contributed by atoms with van der Waals surface area (Å²) in [5.41, 5.74) is 1.10. The van der Waals surface area contributed by atoms with Crippen LogP contribution < -0.4 is 14.8 Å². The van der Waals surface area contributed by atoms with Gasteiger partial charge in [-0.05, 0) is 44.9 Å². The fraction of sp³-hybridized carbons (Fsp3) is 0.529. The second kappa shape index (κ2) is 8.17. The molecule has 0 aliphatic heterocycles. The summed E-state index contributed by atoms with van der Waals surface area (Å²) in [6.07, 6.45) is 6.70. The number of nitrogens with one attached hydrogen (secondary N) is 1. The molecule has 0 saturated heterocycles. The zero-order valence-electron chi connectivity index (χ0n) is 13.3. The minimum Gasteiger partial charge on any atom is -0.493 e. The van der Waals surface area contributed by atoms with Gasteiger partial charge in [0.15, 0.2) is 11.5 Å². The number of methoxy groups -OCH3 is 1. The molecule has 0 unspecified atom stereocenters. The third-order valence-corrected chi connectivity index (χ3v) is 3.10. The van der Waals surface area contributed by atoms with Crippen molar-refractivity contribution in [3.63, 3.8) is 0 Å². The van der Waals surface area contributed by atoms with E-state index in [0.717, 1.165) is 18.5 Å². The monoisotopic (exact) mass is 309 g/mol. The number of hydrogen-bond acceptors (Lipinski definition) is 3. The molecule has 0 aliphatic rings. The molecule has 0 saturated carbocycles. The molecule has 1 N–H and O–H groups in total. The third kappa shape index (κ3) is 6.29. The molecular weight excluding hydrogens is 286 g/mol. The van der Waals surface area contributed by atoms with E-state index in [1.54, 1.807) is 7.11 Å². The molecule has 0 radical (unpaired) electrons. The minimum absolute atomic E-state index is 0.0457. The molecule has 0 atom stereocenters. The lowest BCUT2D eigenvalue weighted by Crippen LogP contribution is -2.35. The molecule has 4 heteroatoms. The quantitative estimate of drug-likeness (QED) is 0.609. The van der Waals surface area contributed by atoms with Crippen molar-refractivity contribution >= 4 is 11.6 Å². The average Bonchev–Trinajstić information content (AvgIpc) is 2.41. The molecule has 3 nitrogen and oxygen atoms in total. The highest BCUT2D eigenvalue weighted by molar-refractivity contribution is 6.32. The topological polar surface area (TPSA) is 30.5 Å². The van der Waals surface area contributed by atoms with Crippen LogP contribution in [0.15, 0.2) is 12.1 Å². The first kappa shape index (κ1) is 17.7. The van der Waals surface area contributed by atoms with Crippen LogP contribution in [-0.2, 0) is 6.54 Å². The van der Waals surface area contributed by atoms with E-state index in [0.29, 0.717) is 29.5 Å². The highest BCUT2D eigenvalue weighted by atomic mass is 35.5. The summed E-state index contributed by atoms with van der Waals surface area (Å²) in [5.74, 6) is 3.81. The van der Waals surface area contributed by atoms with Crippen molar-refractivity contribution in [1.82, 2.24) is 5.32 Å². The lowest BCUT2D eigenvalue weighted by Gasteiger charge is -2.21. The summed E-state index contributed by atoms with van der Waals surface area (Å²) in [4.78, 5) is 0. The van der Waals surface area contributed by atoms with Crippen molar-refractivity contribution in [1.29, 1.82) is 0 Å². The van der Waals surface area contributed by atoms with Crippen LogP contribution in [0.5, 0.6) is 11.5 Å². The molecule has 0 aliphatic carbocycles. The zero-order chi connectivity index (χ0) is 15.9. The van der Waals surface area contributed by atoms with Gasteiger partial charge in [0, 0.05) is 18.5 Å². The fourth-order valence-electron chi connectivity index (χ4n) is 1.73. The Morgan fingerprint density at radius 3 is 2.62 bits per heavy atom. The van der Waals surface area contributed by atoms with Gasteiger partial charge in [-0.1, -0.05) is 11.6 Å². The Morgan fingerprint density at radius 2 is 2.05 bits per heavy atom. The van der Waals surface area contributed by atoms with Gasteiger partial charge in [-0.2, -0.15) is 0 Å². The molecule has 1 rings (SSSR count). The van der Waals surface area contributed by atoms with E-state index in [2.05, 4.69) is 32.0 Å². The van der Waals surface area contributed by atoms with Crippen molar-refractivity contribution in [2.24, 2.45) is 0 Å². The van der Waals surface area contributed by atoms with Gasteiger partial charge in [0.25, 0.3) is 0 Å². The van der Waals surface area contributed by atoms with Crippen molar-refractivity contribution in [3.05, 3.63) is 22.7 Å². The first-order valence-electron chi connectivity index (χ1n) is 7.05. The van der Waals surface area contributed by atoms with E-state index in [9.17, 15) is 0 Å². The normalized spacial score (nSPS) is 11.0. The average molecular weight is 310 g/mol. The van der Waals surface area contributed by atoms with E-state index >= 15 is 0 Å². The van der Waals surface area contributed by atoms with E-state index in [1.807, 2.05) is 12.1 Å². The van der Waals surface area contributed by atoms with Crippen LogP contribution in [0.25, 0.3) is 0 Å². The fourth-order valence-corrected chi connectivity index (χ4v) is 2.02. The predicted molar refractivity (Wildman–Crippen MR) is 88.2 cm³/mol. The van der Waals surface area contributed by atoms with Crippen molar-refractivity contribution in [2.75, 3.05) is 13.7 Å². The van der Waals surface area contributed by atoms with Gasteiger partial charge in [0.05, 0.1) is 18.7 Å². The minimum atomic E-state index is 0.0457. The lowest BCUT2D eigenvalue weighted by atomic mass is 10.1. The Balaban J connectivity index is 2.79. The summed E-state index contributed by atoms with van der Waals surface area (Å²) in [5, 5.41) is 3.98. The summed E-state index contributed by atoms with van der Waals surface area (Å²) in [6.45, 7) is 7.61. The third-order valence-electron chi connectivity index (χ3n) is 2.82. The Kier molecular flexibility index (Phi) is 6.87. The summed E-state index contributed by atoms with van der Waals surface area (Å²) in [6, 6.07) is 3.85. The van der Waals surface area contributed by atoms with Gasteiger partial charge < -0.3 is 14.8 Å². The summed E-state index contributed by atoms with van der Waals surface area (Å²) < 4.78 is 11.1. The van der Waals surface area contributed by atoms with Gasteiger partial charge in [-0.25, -0.2) is 0 Å². The van der Waals surface area contributed by atoms with Gasteiger partial charge in [-0.3, -0.25) is 0 Å².